The lowest BCUT2D eigenvalue weighted by Crippen LogP contribution is -2.43. The Balaban J connectivity index is 1.47. The van der Waals surface area contributed by atoms with Crippen molar-refractivity contribution in [1.82, 2.24) is 24.7 Å². The van der Waals surface area contributed by atoms with Gasteiger partial charge in [-0.15, -0.1) is 0 Å². The van der Waals surface area contributed by atoms with Crippen molar-refractivity contribution in [2.75, 3.05) is 26.2 Å². The second kappa shape index (κ2) is 7.13. The van der Waals surface area contributed by atoms with Crippen LogP contribution >= 0.6 is 0 Å². The van der Waals surface area contributed by atoms with E-state index in [0.717, 1.165) is 44.5 Å². The summed E-state index contributed by atoms with van der Waals surface area (Å²) < 4.78 is 1.94. The number of urea groups is 1. The molecule has 1 aromatic heterocycles. The Hall–Kier alpha value is -1.56. The second-order valence-electron chi connectivity index (χ2n) is 6.43. The molecule has 1 aliphatic carbocycles. The van der Waals surface area contributed by atoms with Crippen molar-refractivity contribution >= 4 is 6.03 Å². The molecule has 0 atom stereocenters. The number of rotatable bonds is 3. The van der Waals surface area contributed by atoms with E-state index in [4.69, 9.17) is 0 Å². The maximum absolute atomic E-state index is 12.3. The van der Waals surface area contributed by atoms with Crippen LogP contribution in [-0.4, -0.2) is 57.6 Å². The molecule has 1 aliphatic heterocycles. The third-order valence-electron chi connectivity index (χ3n) is 4.98. The third-order valence-corrected chi connectivity index (χ3v) is 4.98. The van der Waals surface area contributed by atoms with Gasteiger partial charge in [-0.3, -0.25) is 4.90 Å². The summed E-state index contributed by atoms with van der Waals surface area (Å²) in [6.45, 7) is 4.33. The summed E-state index contributed by atoms with van der Waals surface area (Å²) in [7, 11) is 1.94. The van der Waals surface area contributed by atoms with Gasteiger partial charge < -0.3 is 14.8 Å². The average Bonchev–Trinajstić information content (AvgIpc) is 3.12. The molecule has 2 aliphatic rings. The summed E-state index contributed by atoms with van der Waals surface area (Å²) in [4.78, 5) is 21.1. The van der Waals surface area contributed by atoms with Crippen LogP contribution in [0.15, 0.2) is 12.4 Å². The Labute approximate surface area is 132 Å². The van der Waals surface area contributed by atoms with Gasteiger partial charge in [0.1, 0.15) is 5.82 Å². The molecule has 0 unspecified atom stereocenters. The molecule has 0 bridgehead atoms. The standard InChI is InChI=1S/C16H27N5O/c1-19-10-7-17-15(19)13-18-16(22)21-9-4-8-20(11-12-21)14-5-2-3-6-14/h7,10,14H,2-6,8-9,11-13H2,1H3,(H,18,22). The van der Waals surface area contributed by atoms with Crippen LogP contribution in [0.2, 0.25) is 0 Å². The molecule has 2 heterocycles. The highest BCUT2D eigenvalue weighted by Gasteiger charge is 2.26. The van der Waals surface area contributed by atoms with Crippen LogP contribution in [0.4, 0.5) is 4.79 Å². The molecule has 0 spiro atoms. The van der Waals surface area contributed by atoms with Crippen LogP contribution in [0.3, 0.4) is 0 Å². The number of hydrogen-bond acceptors (Lipinski definition) is 3. The summed E-state index contributed by atoms with van der Waals surface area (Å²) >= 11 is 0. The van der Waals surface area contributed by atoms with E-state index in [1.165, 1.54) is 25.7 Å². The quantitative estimate of drug-likeness (QED) is 0.922. The van der Waals surface area contributed by atoms with Gasteiger partial charge in [-0.1, -0.05) is 12.8 Å². The SMILES string of the molecule is Cn1ccnc1CNC(=O)N1CCCN(C2CCCC2)CC1. The lowest BCUT2D eigenvalue weighted by molar-refractivity contribution is 0.187. The van der Waals surface area contributed by atoms with Gasteiger partial charge in [-0.2, -0.15) is 0 Å². The Bertz CT molecular complexity index is 494. The van der Waals surface area contributed by atoms with Crippen molar-refractivity contribution in [1.29, 1.82) is 0 Å². The highest BCUT2D eigenvalue weighted by Crippen LogP contribution is 2.24. The van der Waals surface area contributed by atoms with Gasteiger partial charge in [0.25, 0.3) is 0 Å². The zero-order valence-electron chi connectivity index (χ0n) is 13.5. The van der Waals surface area contributed by atoms with Gasteiger partial charge >= 0.3 is 6.03 Å². The van der Waals surface area contributed by atoms with Crippen LogP contribution in [-0.2, 0) is 13.6 Å². The highest BCUT2D eigenvalue weighted by molar-refractivity contribution is 5.74. The molecule has 1 saturated heterocycles. The van der Waals surface area contributed by atoms with Gasteiger partial charge in [0.15, 0.2) is 0 Å². The van der Waals surface area contributed by atoms with Crippen LogP contribution < -0.4 is 5.32 Å². The molecule has 0 aromatic carbocycles. The van der Waals surface area contributed by atoms with Crippen LogP contribution in [0.25, 0.3) is 0 Å². The van der Waals surface area contributed by atoms with Gasteiger partial charge in [0.05, 0.1) is 6.54 Å². The normalized spacial score (nSPS) is 21.0. The maximum atomic E-state index is 12.3. The molecule has 1 N–H and O–H groups in total. The Morgan fingerprint density at radius 2 is 2.05 bits per heavy atom. The first-order chi connectivity index (χ1) is 10.7. The summed E-state index contributed by atoms with van der Waals surface area (Å²) in [5, 5.41) is 2.99. The number of aromatic nitrogens is 2. The van der Waals surface area contributed by atoms with E-state index in [1.54, 1.807) is 6.20 Å². The minimum atomic E-state index is 0.0382. The van der Waals surface area contributed by atoms with E-state index in [0.29, 0.717) is 6.54 Å². The third kappa shape index (κ3) is 3.61. The fourth-order valence-corrected chi connectivity index (χ4v) is 3.61. The van der Waals surface area contributed by atoms with E-state index in [-0.39, 0.29) is 6.03 Å². The van der Waals surface area contributed by atoms with Crippen molar-refractivity contribution < 1.29 is 4.79 Å². The number of amides is 2. The number of carbonyl (C=O) groups is 1. The first-order valence-electron chi connectivity index (χ1n) is 8.47. The Kier molecular flexibility index (Phi) is 4.97. The predicted molar refractivity (Wildman–Crippen MR) is 85.5 cm³/mol. The average molecular weight is 305 g/mol. The first-order valence-corrected chi connectivity index (χ1v) is 8.47. The van der Waals surface area contributed by atoms with Crippen LogP contribution in [0, 0.1) is 0 Å². The molecule has 0 radical (unpaired) electrons. The predicted octanol–water partition coefficient (Wildman–Crippen LogP) is 1.58. The van der Waals surface area contributed by atoms with Crippen molar-refractivity contribution in [2.24, 2.45) is 7.05 Å². The number of imidazole rings is 1. The summed E-state index contributed by atoms with van der Waals surface area (Å²) in [6, 6.07) is 0.798. The molecule has 122 valence electrons. The van der Waals surface area contributed by atoms with E-state index in [9.17, 15) is 4.79 Å². The summed E-state index contributed by atoms with van der Waals surface area (Å²) in [6.07, 6.45) is 10.1. The van der Waals surface area contributed by atoms with E-state index in [2.05, 4.69) is 15.2 Å². The fourth-order valence-electron chi connectivity index (χ4n) is 3.61. The first kappa shape index (κ1) is 15.3. The minimum absolute atomic E-state index is 0.0382. The van der Waals surface area contributed by atoms with Crippen LogP contribution in [0.5, 0.6) is 0 Å². The van der Waals surface area contributed by atoms with Crippen molar-refractivity contribution in [3.8, 4) is 0 Å². The number of carbonyl (C=O) groups excluding carboxylic acids is 1. The van der Waals surface area contributed by atoms with E-state index in [1.807, 2.05) is 22.7 Å². The van der Waals surface area contributed by atoms with Crippen molar-refractivity contribution in [2.45, 2.75) is 44.7 Å². The Morgan fingerprint density at radius 1 is 1.23 bits per heavy atom. The zero-order chi connectivity index (χ0) is 15.4. The largest absolute Gasteiger partial charge is 0.337 e. The van der Waals surface area contributed by atoms with E-state index >= 15 is 0 Å². The molecule has 1 saturated carbocycles. The molecule has 6 nitrogen and oxygen atoms in total. The number of nitrogens with zero attached hydrogens (tertiary/aromatic N) is 4. The molecular weight excluding hydrogens is 278 g/mol. The van der Waals surface area contributed by atoms with Gasteiger partial charge in [0.2, 0.25) is 0 Å². The Morgan fingerprint density at radius 3 is 2.77 bits per heavy atom. The number of nitrogens with one attached hydrogen (secondary N) is 1. The monoisotopic (exact) mass is 305 g/mol. The second-order valence-corrected chi connectivity index (χ2v) is 6.43. The molecule has 1 aromatic rings. The molecule has 2 fully saturated rings. The zero-order valence-corrected chi connectivity index (χ0v) is 13.5. The van der Waals surface area contributed by atoms with Crippen molar-refractivity contribution in [3.05, 3.63) is 18.2 Å². The smallest absolute Gasteiger partial charge is 0.317 e. The van der Waals surface area contributed by atoms with E-state index < -0.39 is 0 Å². The topological polar surface area (TPSA) is 53.4 Å². The van der Waals surface area contributed by atoms with Gasteiger partial charge in [0, 0.05) is 51.7 Å². The van der Waals surface area contributed by atoms with Crippen LogP contribution in [0.1, 0.15) is 37.9 Å². The maximum Gasteiger partial charge on any atom is 0.317 e. The summed E-state index contributed by atoms with van der Waals surface area (Å²) in [5.74, 6) is 0.885. The molecule has 6 heteroatoms. The van der Waals surface area contributed by atoms with Gasteiger partial charge in [-0.25, -0.2) is 9.78 Å². The number of aryl methyl sites for hydroxylation is 1. The lowest BCUT2D eigenvalue weighted by atomic mass is 10.2. The highest BCUT2D eigenvalue weighted by atomic mass is 16.2. The molecule has 22 heavy (non-hydrogen) atoms. The minimum Gasteiger partial charge on any atom is -0.337 e. The lowest BCUT2D eigenvalue weighted by Gasteiger charge is -2.27. The van der Waals surface area contributed by atoms with Gasteiger partial charge in [-0.05, 0) is 19.3 Å². The molecule has 3 rings (SSSR count). The fraction of sp³-hybridized carbons (Fsp3) is 0.750. The number of hydrogen-bond donors (Lipinski definition) is 1. The van der Waals surface area contributed by atoms with Crippen molar-refractivity contribution in [3.63, 3.8) is 0 Å². The molecular formula is C16H27N5O. The molecule has 2 amide bonds. The summed E-state index contributed by atoms with van der Waals surface area (Å²) in [5.41, 5.74) is 0.